The maximum absolute atomic E-state index is 13.6. The van der Waals surface area contributed by atoms with Crippen molar-refractivity contribution in [2.75, 3.05) is 30.9 Å². The monoisotopic (exact) mass is 609 g/mol. The number of likely N-dealkylation sites (tertiary alicyclic amines) is 1. The Morgan fingerprint density at radius 1 is 1.02 bits per heavy atom. The van der Waals surface area contributed by atoms with Gasteiger partial charge in [0.15, 0.2) is 5.79 Å². The molecule has 0 spiro atoms. The van der Waals surface area contributed by atoms with Crippen molar-refractivity contribution in [1.82, 2.24) is 4.90 Å². The quantitative estimate of drug-likeness (QED) is 0.307. The van der Waals surface area contributed by atoms with E-state index in [2.05, 4.69) is 10.6 Å². The van der Waals surface area contributed by atoms with Crippen LogP contribution in [0.1, 0.15) is 29.8 Å². The Bertz CT molecular complexity index is 1510. The van der Waals surface area contributed by atoms with Gasteiger partial charge in [0.2, 0.25) is 5.91 Å². The van der Waals surface area contributed by atoms with Gasteiger partial charge in [-0.2, -0.15) is 0 Å². The number of methoxy groups -OCH3 is 1. The minimum atomic E-state index is -1.03. The van der Waals surface area contributed by atoms with Crippen LogP contribution >= 0.6 is 11.6 Å². The van der Waals surface area contributed by atoms with Gasteiger partial charge in [-0.15, -0.1) is 0 Å². The molecule has 3 aromatic rings. The molecule has 226 valence electrons. The van der Waals surface area contributed by atoms with Crippen molar-refractivity contribution in [3.05, 3.63) is 82.9 Å². The van der Waals surface area contributed by atoms with E-state index in [4.69, 9.17) is 35.7 Å². The first-order valence-electron chi connectivity index (χ1n) is 13.6. The van der Waals surface area contributed by atoms with Gasteiger partial charge in [0.05, 0.1) is 48.1 Å². The molecule has 0 saturated carbocycles. The van der Waals surface area contributed by atoms with Gasteiger partial charge < -0.3 is 39.6 Å². The Hall–Kier alpha value is -4.32. The van der Waals surface area contributed by atoms with Gasteiger partial charge >= 0.3 is 12.0 Å². The van der Waals surface area contributed by atoms with Gasteiger partial charge in [0, 0.05) is 0 Å². The number of ether oxygens (including phenoxy) is 4. The highest BCUT2D eigenvalue weighted by Crippen LogP contribution is 2.37. The van der Waals surface area contributed by atoms with E-state index in [0.29, 0.717) is 40.0 Å². The summed E-state index contributed by atoms with van der Waals surface area (Å²) >= 11 is 6.13. The zero-order valence-corrected chi connectivity index (χ0v) is 24.6. The summed E-state index contributed by atoms with van der Waals surface area (Å²) in [6, 6.07) is 17.1. The van der Waals surface area contributed by atoms with E-state index in [0.717, 1.165) is 0 Å². The molecule has 2 heterocycles. The summed E-state index contributed by atoms with van der Waals surface area (Å²) in [6.45, 7) is 4.12. The van der Waals surface area contributed by atoms with Crippen LogP contribution in [-0.4, -0.2) is 72.2 Å². The Labute approximate surface area is 253 Å². The molecule has 5 rings (SSSR count). The number of hydrogen-bond acceptors (Lipinski definition) is 7. The summed E-state index contributed by atoms with van der Waals surface area (Å²) in [7, 11) is 1.48. The van der Waals surface area contributed by atoms with E-state index in [1.807, 2.05) is 13.8 Å². The number of carbonyl (C=O) groups is 3. The van der Waals surface area contributed by atoms with Gasteiger partial charge in [-0.25, -0.2) is 9.59 Å². The normalized spacial score (nSPS) is 20.3. The molecule has 3 aromatic carbocycles. The number of nitrogens with one attached hydrogen (secondary N) is 2. The Kier molecular flexibility index (Phi) is 8.77. The molecule has 0 aromatic heterocycles. The van der Waals surface area contributed by atoms with Gasteiger partial charge in [-0.05, 0) is 67.9 Å². The second-order valence-corrected chi connectivity index (χ2v) is 11.1. The fourth-order valence-corrected chi connectivity index (χ4v) is 5.43. The number of urea groups is 1. The van der Waals surface area contributed by atoms with Crippen molar-refractivity contribution in [3.63, 3.8) is 0 Å². The smallest absolute Gasteiger partial charge is 0.335 e. The topological polar surface area (TPSA) is 136 Å². The minimum absolute atomic E-state index is 0.0646. The predicted molar refractivity (Wildman–Crippen MR) is 159 cm³/mol. The number of carbonyl (C=O) groups excluding carboxylic acids is 2. The van der Waals surface area contributed by atoms with Crippen LogP contribution in [0.15, 0.2) is 66.7 Å². The lowest BCUT2D eigenvalue weighted by atomic mass is 10.1. The third-order valence-electron chi connectivity index (χ3n) is 7.21. The molecule has 2 fully saturated rings. The van der Waals surface area contributed by atoms with E-state index < -0.39 is 29.9 Å². The number of anilines is 2. The van der Waals surface area contributed by atoms with Crippen LogP contribution < -0.4 is 20.1 Å². The van der Waals surface area contributed by atoms with Crippen molar-refractivity contribution >= 4 is 40.9 Å². The molecule has 3 amide bonds. The van der Waals surface area contributed by atoms with Crippen LogP contribution in [0.5, 0.6) is 11.5 Å². The minimum Gasteiger partial charge on any atom is -0.495 e. The zero-order valence-electron chi connectivity index (χ0n) is 23.8. The Balaban J connectivity index is 1.26. The number of carboxylic acids is 1. The molecule has 0 unspecified atom stereocenters. The largest absolute Gasteiger partial charge is 0.495 e. The van der Waals surface area contributed by atoms with Gasteiger partial charge in [0.25, 0.3) is 0 Å². The Morgan fingerprint density at radius 3 is 2.44 bits per heavy atom. The third kappa shape index (κ3) is 7.02. The van der Waals surface area contributed by atoms with Crippen LogP contribution in [0.2, 0.25) is 5.02 Å². The SMILES string of the molecule is COc1cc(CC(=O)N2C[C@@H]3OC(C)(C)O[C@@H]3[C@H]2COc2ccc(C(=O)O)cc2)ccc1NC(=O)Nc1ccccc1Cl. The van der Waals surface area contributed by atoms with Gasteiger partial charge in [-0.3, -0.25) is 4.79 Å². The summed E-state index contributed by atoms with van der Waals surface area (Å²) in [4.78, 5) is 39.0. The lowest BCUT2D eigenvalue weighted by molar-refractivity contribution is -0.168. The zero-order chi connectivity index (χ0) is 30.7. The molecule has 11 nitrogen and oxygen atoms in total. The number of hydrogen-bond donors (Lipinski definition) is 3. The van der Waals surface area contributed by atoms with Crippen molar-refractivity contribution in [3.8, 4) is 11.5 Å². The van der Waals surface area contributed by atoms with Crippen LogP contribution in [0.25, 0.3) is 0 Å². The first-order chi connectivity index (χ1) is 20.5. The van der Waals surface area contributed by atoms with E-state index in [1.165, 1.54) is 19.2 Å². The molecule has 2 aliphatic rings. The van der Waals surface area contributed by atoms with Crippen molar-refractivity contribution in [2.24, 2.45) is 0 Å². The molecule has 12 heteroatoms. The van der Waals surface area contributed by atoms with Crippen molar-refractivity contribution in [1.29, 1.82) is 0 Å². The first-order valence-corrected chi connectivity index (χ1v) is 14.0. The average Bonchev–Trinajstić information content (AvgIpc) is 3.45. The van der Waals surface area contributed by atoms with E-state index >= 15 is 0 Å². The summed E-state index contributed by atoms with van der Waals surface area (Å²) in [6.07, 6.45) is -0.649. The molecule has 0 radical (unpaired) electrons. The molecule has 3 atom stereocenters. The summed E-state index contributed by atoms with van der Waals surface area (Å²) < 4.78 is 23.7. The number of carboxylic acid groups (broad SMARTS) is 1. The van der Waals surface area contributed by atoms with Crippen LogP contribution in [-0.2, 0) is 20.7 Å². The van der Waals surface area contributed by atoms with Gasteiger partial charge in [-0.1, -0.05) is 29.8 Å². The maximum atomic E-state index is 13.6. The molecule has 2 aliphatic heterocycles. The number of rotatable bonds is 9. The summed E-state index contributed by atoms with van der Waals surface area (Å²) in [5.41, 5.74) is 1.72. The molecular weight excluding hydrogens is 578 g/mol. The highest BCUT2D eigenvalue weighted by atomic mass is 35.5. The van der Waals surface area contributed by atoms with Crippen molar-refractivity contribution in [2.45, 2.75) is 44.3 Å². The van der Waals surface area contributed by atoms with E-state index in [1.54, 1.807) is 59.5 Å². The third-order valence-corrected chi connectivity index (χ3v) is 7.54. The molecule has 3 N–H and O–H groups in total. The maximum Gasteiger partial charge on any atom is 0.335 e. The first kappa shape index (κ1) is 30.1. The van der Waals surface area contributed by atoms with Gasteiger partial charge in [0.1, 0.15) is 30.3 Å². The summed E-state index contributed by atoms with van der Waals surface area (Å²) in [5, 5.41) is 15.0. The lowest BCUT2D eigenvalue weighted by Crippen LogP contribution is -2.46. The highest BCUT2D eigenvalue weighted by molar-refractivity contribution is 6.33. The molecule has 0 bridgehead atoms. The van der Waals surface area contributed by atoms with Crippen LogP contribution in [0.4, 0.5) is 16.2 Å². The number of fused-ring (bicyclic) bond motifs is 1. The molecule has 43 heavy (non-hydrogen) atoms. The van der Waals surface area contributed by atoms with E-state index in [-0.39, 0.29) is 30.6 Å². The lowest BCUT2D eigenvalue weighted by Gasteiger charge is -2.30. The van der Waals surface area contributed by atoms with Crippen LogP contribution in [0, 0.1) is 0 Å². The predicted octanol–water partition coefficient (Wildman–Crippen LogP) is 5.04. The summed E-state index contributed by atoms with van der Waals surface area (Å²) in [5.74, 6) is -1.11. The second kappa shape index (κ2) is 12.5. The Morgan fingerprint density at radius 2 is 1.74 bits per heavy atom. The number of para-hydroxylation sites is 1. The van der Waals surface area contributed by atoms with Crippen LogP contribution in [0.3, 0.4) is 0 Å². The molecule has 2 saturated heterocycles. The standard InChI is InChI=1S/C31H32ClN3O8/c1-31(2)42-26-16-35(24(28(26)43-31)17-41-20-11-9-19(10-12-20)29(37)38)27(36)15-18-8-13-23(25(14-18)40-3)34-30(39)33-22-7-5-4-6-21(22)32/h4-14,24,26,28H,15-17H2,1-3H3,(H,37,38)(H2,33,34,39)/t24-,26+,28-/m1/s1. The number of nitrogens with zero attached hydrogens (tertiary/aromatic N) is 1. The average molecular weight is 610 g/mol. The van der Waals surface area contributed by atoms with E-state index in [9.17, 15) is 14.4 Å². The number of halogens is 1. The molecular formula is C31H32ClN3O8. The fraction of sp³-hybridized carbons (Fsp3) is 0.323. The number of amides is 3. The molecule has 0 aliphatic carbocycles. The second-order valence-electron chi connectivity index (χ2n) is 10.7. The number of benzene rings is 3. The van der Waals surface area contributed by atoms with Crippen molar-refractivity contribution < 1.29 is 38.4 Å². The highest BCUT2D eigenvalue weighted by Gasteiger charge is 2.54. The number of aromatic carboxylic acids is 1. The fourth-order valence-electron chi connectivity index (χ4n) is 5.25.